The lowest BCUT2D eigenvalue weighted by Crippen LogP contribution is -2.24. The molecule has 0 aromatic heterocycles. The largest absolute Gasteiger partial charge is 0.497 e. The maximum Gasteiger partial charge on any atom is 0.194 e. The molecule has 0 spiro atoms. The molecule has 0 heterocycles. The Bertz CT molecular complexity index is 658. The number of methoxy groups -OCH3 is 1. The standard InChI is InChI=1S/C19H22ClNO2S/c1-4-24-19(22)13(2)18(14-5-7-15(20)8-6-14)21-16-9-11-17(23-3)12-10-16/h5-13,18,21H,4H2,1-3H3/t13-,18+/m1/s1. The number of carbonyl (C=O) groups is 1. The zero-order valence-corrected chi connectivity index (χ0v) is 15.7. The average Bonchev–Trinajstić information content (AvgIpc) is 2.60. The summed E-state index contributed by atoms with van der Waals surface area (Å²) in [6, 6.07) is 15.2. The van der Waals surface area contributed by atoms with Gasteiger partial charge in [0, 0.05) is 16.6 Å². The van der Waals surface area contributed by atoms with E-state index in [2.05, 4.69) is 5.32 Å². The number of thioether (sulfide) groups is 1. The molecule has 0 unspecified atom stereocenters. The third kappa shape index (κ3) is 4.92. The molecule has 0 amide bonds. The summed E-state index contributed by atoms with van der Waals surface area (Å²) in [6.07, 6.45) is 0. The van der Waals surface area contributed by atoms with Crippen LogP contribution in [-0.4, -0.2) is 18.0 Å². The summed E-state index contributed by atoms with van der Waals surface area (Å²) in [7, 11) is 1.64. The van der Waals surface area contributed by atoms with Crippen molar-refractivity contribution in [1.29, 1.82) is 0 Å². The van der Waals surface area contributed by atoms with E-state index < -0.39 is 0 Å². The Morgan fingerprint density at radius 1 is 1.17 bits per heavy atom. The van der Waals surface area contributed by atoms with Gasteiger partial charge >= 0.3 is 0 Å². The van der Waals surface area contributed by atoms with Gasteiger partial charge in [-0.1, -0.05) is 49.3 Å². The molecule has 0 fully saturated rings. The first-order chi connectivity index (χ1) is 11.5. The van der Waals surface area contributed by atoms with Crippen molar-refractivity contribution >= 4 is 34.2 Å². The summed E-state index contributed by atoms with van der Waals surface area (Å²) in [5, 5.41) is 4.34. The SMILES string of the molecule is CCSC(=O)[C@H](C)[C@H](Nc1ccc(OC)cc1)c1ccc(Cl)cc1. The Hall–Kier alpha value is -1.65. The van der Waals surface area contributed by atoms with Crippen molar-refractivity contribution in [2.75, 3.05) is 18.2 Å². The molecule has 2 rings (SSSR count). The normalized spacial score (nSPS) is 13.2. The fraction of sp³-hybridized carbons (Fsp3) is 0.316. The van der Waals surface area contributed by atoms with Crippen molar-refractivity contribution in [3.8, 4) is 5.75 Å². The molecule has 2 aromatic rings. The van der Waals surface area contributed by atoms with Crippen LogP contribution in [0.5, 0.6) is 5.75 Å². The Labute approximate surface area is 152 Å². The molecule has 2 atom stereocenters. The summed E-state index contributed by atoms with van der Waals surface area (Å²) >= 11 is 7.35. The summed E-state index contributed by atoms with van der Waals surface area (Å²) in [5.41, 5.74) is 1.98. The summed E-state index contributed by atoms with van der Waals surface area (Å²) in [6.45, 7) is 3.95. The first-order valence-corrected chi connectivity index (χ1v) is 9.24. The third-order valence-electron chi connectivity index (χ3n) is 3.80. The van der Waals surface area contributed by atoms with Crippen molar-refractivity contribution in [3.63, 3.8) is 0 Å². The highest BCUT2D eigenvalue weighted by Crippen LogP contribution is 2.31. The van der Waals surface area contributed by atoms with Crippen molar-refractivity contribution in [1.82, 2.24) is 0 Å². The fourth-order valence-corrected chi connectivity index (χ4v) is 3.25. The highest BCUT2D eigenvalue weighted by atomic mass is 35.5. The number of ether oxygens (including phenoxy) is 1. The zero-order valence-electron chi connectivity index (χ0n) is 14.1. The summed E-state index contributed by atoms with van der Waals surface area (Å²) in [5.74, 6) is 1.41. The highest BCUT2D eigenvalue weighted by Gasteiger charge is 2.25. The lowest BCUT2D eigenvalue weighted by molar-refractivity contribution is -0.114. The van der Waals surface area contributed by atoms with Gasteiger partial charge in [-0.15, -0.1) is 0 Å². The Morgan fingerprint density at radius 3 is 2.33 bits per heavy atom. The molecule has 128 valence electrons. The van der Waals surface area contributed by atoms with Crippen LogP contribution >= 0.6 is 23.4 Å². The Kier molecular flexibility index (Phi) is 7.00. The molecule has 3 nitrogen and oxygen atoms in total. The van der Waals surface area contributed by atoms with Crippen molar-refractivity contribution in [2.24, 2.45) is 5.92 Å². The molecule has 1 N–H and O–H groups in total. The maximum atomic E-state index is 12.4. The van der Waals surface area contributed by atoms with E-state index in [0.29, 0.717) is 5.02 Å². The molecular formula is C19H22ClNO2S. The molecule has 0 aliphatic heterocycles. The van der Waals surface area contributed by atoms with Gasteiger partial charge in [0.05, 0.1) is 13.2 Å². The van der Waals surface area contributed by atoms with Crippen LogP contribution in [0.2, 0.25) is 5.02 Å². The van der Waals surface area contributed by atoms with Gasteiger partial charge in [0.15, 0.2) is 5.12 Å². The maximum absolute atomic E-state index is 12.4. The molecule has 0 aliphatic rings. The van der Waals surface area contributed by atoms with E-state index in [4.69, 9.17) is 16.3 Å². The third-order valence-corrected chi connectivity index (χ3v) is 5.00. The number of hydrogen-bond donors (Lipinski definition) is 1. The highest BCUT2D eigenvalue weighted by molar-refractivity contribution is 8.13. The van der Waals surface area contributed by atoms with Crippen LogP contribution in [0, 0.1) is 5.92 Å². The number of anilines is 1. The molecule has 0 bridgehead atoms. The fourth-order valence-electron chi connectivity index (χ4n) is 2.44. The van der Waals surface area contributed by atoms with E-state index >= 15 is 0 Å². The average molecular weight is 364 g/mol. The second kappa shape index (κ2) is 9.00. The second-order valence-electron chi connectivity index (χ2n) is 5.44. The predicted octanol–water partition coefficient (Wildman–Crippen LogP) is 5.42. The van der Waals surface area contributed by atoms with E-state index in [0.717, 1.165) is 22.8 Å². The first-order valence-electron chi connectivity index (χ1n) is 7.87. The molecule has 0 aliphatic carbocycles. The van der Waals surface area contributed by atoms with Crippen LogP contribution in [-0.2, 0) is 4.79 Å². The quantitative estimate of drug-likeness (QED) is 0.713. The van der Waals surface area contributed by atoms with Crippen LogP contribution in [0.1, 0.15) is 25.5 Å². The second-order valence-corrected chi connectivity index (χ2v) is 7.15. The molecule has 0 saturated carbocycles. The predicted molar refractivity (Wildman–Crippen MR) is 103 cm³/mol. The van der Waals surface area contributed by atoms with Gasteiger partial charge in [-0.2, -0.15) is 0 Å². The van der Waals surface area contributed by atoms with Gasteiger partial charge in [-0.3, -0.25) is 4.79 Å². The number of benzene rings is 2. The number of hydrogen-bond acceptors (Lipinski definition) is 4. The first kappa shape index (κ1) is 18.7. The smallest absolute Gasteiger partial charge is 0.194 e. The molecule has 0 saturated heterocycles. The lowest BCUT2D eigenvalue weighted by atomic mass is 9.95. The monoisotopic (exact) mass is 363 g/mol. The van der Waals surface area contributed by atoms with Gasteiger partial charge < -0.3 is 10.1 Å². The van der Waals surface area contributed by atoms with Crippen molar-refractivity contribution < 1.29 is 9.53 Å². The van der Waals surface area contributed by atoms with E-state index in [1.54, 1.807) is 7.11 Å². The van der Waals surface area contributed by atoms with E-state index in [-0.39, 0.29) is 17.1 Å². The van der Waals surface area contributed by atoms with Gasteiger partial charge in [0.25, 0.3) is 0 Å². The minimum atomic E-state index is -0.168. The van der Waals surface area contributed by atoms with Crippen LogP contribution in [0.15, 0.2) is 48.5 Å². The van der Waals surface area contributed by atoms with Crippen LogP contribution in [0.25, 0.3) is 0 Å². The van der Waals surface area contributed by atoms with Gasteiger partial charge in [-0.25, -0.2) is 0 Å². The summed E-state index contributed by atoms with van der Waals surface area (Å²) < 4.78 is 5.19. The molecule has 5 heteroatoms. The van der Waals surface area contributed by atoms with Crippen LogP contribution in [0.3, 0.4) is 0 Å². The van der Waals surface area contributed by atoms with Gasteiger partial charge in [-0.05, 0) is 47.7 Å². The number of rotatable bonds is 7. The van der Waals surface area contributed by atoms with Crippen LogP contribution < -0.4 is 10.1 Å². The van der Waals surface area contributed by atoms with Crippen molar-refractivity contribution in [2.45, 2.75) is 19.9 Å². The van der Waals surface area contributed by atoms with E-state index in [1.807, 2.05) is 62.4 Å². The van der Waals surface area contributed by atoms with Gasteiger partial charge in [0.1, 0.15) is 5.75 Å². The minimum absolute atomic E-state index is 0.123. The molecule has 0 radical (unpaired) electrons. The number of nitrogens with one attached hydrogen (secondary N) is 1. The topological polar surface area (TPSA) is 38.3 Å². The zero-order chi connectivity index (χ0) is 17.5. The lowest BCUT2D eigenvalue weighted by Gasteiger charge is -2.25. The van der Waals surface area contributed by atoms with Crippen molar-refractivity contribution in [3.05, 3.63) is 59.1 Å². The summed E-state index contributed by atoms with van der Waals surface area (Å²) in [4.78, 5) is 12.4. The Morgan fingerprint density at radius 2 is 1.79 bits per heavy atom. The Balaban J connectivity index is 2.27. The van der Waals surface area contributed by atoms with E-state index in [9.17, 15) is 4.79 Å². The van der Waals surface area contributed by atoms with Gasteiger partial charge in [0.2, 0.25) is 0 Å². The minimum Gasteiger partial charge on any atom is -0.497 e. The van der Waals surface area contributed by atoms with Crippen LogP contribution in [0.4, 0.5) is 5.69 Å². The molecule has 2 aromatic carbocycles. The molecule has 24 heavy (non-hydrogen) atoms. The number of halogens is 1. The number of carbonyl (C=O) groups excluding carboxylic acids is 1. The molecular weight excluding hydrogens is 342 g/mol. The van der Waals surface area contributed by atoms with E-state index in [1.165, 1.54) is 11.8 Å².